The third kappa shape index (κ3) is 3.70. The summed E-state index contributed by atoms with van der Waals surface area (Å²) >= 11 is 0. The molecule has 0 aromatic rings. The van der Waals surface area contributed by atoms with Crippen LogP contribution in [0.5, 0.6) is 0 Å². The summed E-state index contributed by atoms with van der Waals surface area (Å²) in [4.78, 5) is 0. The summed E-state index contributed by atoms with van der Waals surface area (Å²) in [5.74, 6) is 0. The second kappa shape index (κ2) is 4.70. The molecule has 0 heterocycles. The summed E-state index contributed by atoms with van der Waals surface area (Å²) in [6.45, 7) is 1.59. The molecule has 1 atom stereocenters. The Hall–Kier alpha value is -0.120. The topological polar surface area (TPSA) is 30.5 Å². The van der Waals surface area contributed by atoms with Gasteiger partial charge in [0, 0.05) is 26.8 Å². The van der Waals surface area contributed by atoms with Gasteiger partial charge in [0.25, 0.3) is 0 Å². The van der Waals surface area contributed by atoms with Crippen LogP contribution < -0.4 is 5.32 Å². The van der Waals surface area contributed by atoms with Crippen molar-refractivity contribution in [3.8, 4) is 0 Å². The maximum absolute atomic E-state index is 5.18. The maximum Gasteiger partial charge on any atom is 0.0928 e. The summed E-state index contributed by atoms with van der Waals surface area (Å²) in [5.41, 5.74) is 0. The Morgan fingerprint density at radius 1 is 1.45 bits per heavy atom. The van der Waals surface area contributed by atoms with E-state index in [1.165, 1.54) is 12.8 Å². The van der Waals surface area contributed by atoms with Gasteiger partial charge in [-0.05, 0) is 12.8 Å². The van der Waals surface area contributed by atoms with Crippen molar-refractivity contribution >= 4 is 0 Å². The molecule has 1 aliphatic carbocycles. The van der Waals surface area contributed by atoms with Crippen molar-refractivity contribution in [1.82, 2.24) is 5.32 Å². The van der Waals surface area contributed by atoms with E-state index in [0.717, 1.165) is 12.6 Å². The Morgan fingerprint density at radius 3 is 2.64 bits per heavy atom. The first-order valence-corrected chi connectivity index (χ1v) is 4.12. The van der Waals surface area contributed by atoms with E-state index in [1.54, 1.807) is 14.2 Å². The van der Waals surface area contributed by atoms with E-state index < -0.39 is 0 Å². The van der Waals surface area contributed by atoms with Crippen molar-refractivity contribution in [2.75, 3.05) is 27.4 Å². The lowest BCUT2D eigenvalue weighted by atomic mass is 10.3. The van der Waals surface area contributed by atoms with Gasteiger partial charge in [0.05, 0.1) is 12.7 Å². The van der Waals surface area contributed by atoms with Crippen LogP contribution in [0.4, 0.5) is 0 Å². The van der Waals surface area contributed by atoms with E-state index in [4.69, 9.17) is 9.47 Å². The highest BCUT2D eigenvalue weighted by atomic mass is 16.5. The zero-order valence-electron chi connectivity index (χ0n) is 7.30. The van der Waals surface area contributed by atoms with Gasteiger partial charge < -0.3 is 14.8 Å². The Morgan fingerprint density at radius 2 is 2.18 bits per heavy atom. The molecule has 66 valence electrons. The monoisotopic (exact) mass is 159 g/mol. The first kappa shape index (κ1) is 8.97. The van der Waals surface area contributed by atoms with Gasteiger partial charge in [-0.3, -0.25) is 0 Å². The van der Waals surface area contributed by atoms with Crippen LogP contribution in [0, 0.1) is 0 Å². The maximum atomic E-state index is 5.18. The molecule has 0 radical (unpaired) electrons. The lowest BCUT2D eigenvalue weighted by molar-refractivity contribution is 0.0287. The molecule has 1 unspecified atom stereocenters. The third-order valence-electron chi connectivity index (χ3n) is 1.90. The normalized spacial score (nSPS) is 20.2. The van der Waals surface area contributed by atoms with Gasteiger partial charge in [0.15, 0.2) is 0 Å². The standard InChI is InChI=1S/C8H17NO2/c1-10-6-8(11-2)5-9-7-3-4-7/h7-9H,3-6H2,1-2H3. The highest BCUT2D eigenvalue weighted by Crippen LogP contribution is 2.18. The molecule has 1 saturated carbocycles. The lowest BCUT2D eigenvalue weighted by Crippen LogP contribution is -2.32. The Labute approximate surface area is 68.1 Å². The Bertz CT molecular complexity index is 104. The van der Waals surface area contributed by atoms with Gasteiger partial charge in [0.2, 0.25) is 0 Å². The average Bonchev–Trinajstić information content (AvgIpc) is 2.81. The third-order valence-corrected chi connectivity index (χ3v) is 1.90. The highest BCUT2D eigenvalue weighted by Gasteiger charge is 2.21. The molecule has 3 heteroatoms. The molecule has 1 N–H and O–H groups in total. The number of nitrogens with one attached hydrogen (secondary N) is 1. The molecule has 0 saturated heterocycles. The van der Waals surface area contributed by atoms with Crippen molar-refractivity contribution in [3.63, 3.8) is 0 Å². The molecule has 1 rings (SSSR count). The van der Waals surface area contributed by atoms with Gasteiger partial charge in [-0.25, -0.2) is 0 Å². The summed E-state index contributed by atoms with van der Waals surface area (Å²) < 4.78 is 10.2. The van der Waals surface area contributed by atoms with Crippen LogP contribution in [-0.2, 0) is 9.47 Å². The van der Waals surface area contributed by atoms with E-state index in [9.17, 15) is 0 Å². The van der Waals surface area contributed by atoms with E-state index >= 15 is 0 Å². The molecular formula is C8H17NO2. The fourth-order valence-corrected chi connectivity index (χ4v) is 0.982. The van der Waals surface area contributed by atoms with Crippen LogP contribution in [-0.4, -0.2) is 39.5 Å². The van der Waals surface area contributed by atoms with Crippen LogP contribution in [0.2, 0.25) is 0 Å². The Balaban J connectivity index is 1.98. The molecule has 0 bridgehead atoms. The molecule has 3 nitrogen and oxygen atoms in total. The predicted octanol–water partition coefficient (Wildman–Crippen LogP) is 0.400. The van der Waals surface area contributed by atoms with E-state index in [0.29, 0.717) is 6.61 Å². The minimum absolute atomic E-state index is 0.209. The minimum Gasteiger partial charge on any atom is -0.382 e. The molecule has 0 aromatic carbocycles. The fraction of sp³-hybridized carbons (Fsp3) is 1.00. The molecular weight excluding hydrogens is 142 g/mol. The van der Waals surface area contributed by atoms with Gasteiger partial charge in [-0.15, -0.1) is 0 Å². The molecule has 0 amide bonds. The summed E-state index contributed by atoms with van der Waals surface area (Å²) in [5, 5.41) is 3.39. The number of methoxy groups -OCH3 is 2. The molecule has 11 heavy (non-hydrogen) atoms. The van der Waals surface area contributed by atoms with Crippen molar-refractivity contribution in [3.05, 3.63) is 0 Å². The van der Waals surface area contributed by atoms with Crippen molar-refractivity contribution in [2.24, 2.45) is 0 Å². The van der Waals surface area contributed by atoms with Crippen LogP contribution in [0.25, 0.3) is 0 Å². The van der Waals surface area contributed by atoms with Crippen LogP contribution in [0.1, 0.15) is 12.8 Å². The fourth-order valence-electron chi connectivity index (χ4n) is 0.982. The number of rotatable bonds is 6. The van der Waals surface area contributed by atoms with Crippen LogP contribution in [0.15, 0.2) is 0 Å². The smallest absolute Gasteiger partial charge is 0.0928 e. The van der Waals surface area contributed by atoms with Gasteiger partial charge in [-0.1, -0.05) is 0 Å². The molecule has 1 aliphatic rings. The molecule has 0 aliphatic heterocycles. The summed E-state index contributed by atoms with van der Waals surface area (Å²) in [7, 11) is 3.42. The summed E-state index contributed by atoms with van der Waals surface area (Å²) in [6.07, 6.45) is 2.85. The SMILES string of the molecule is COCC(CNC1CC1)OC. The van der Waals surface area contributed by atoms with Crippen molar-refractivity contribution in [1.29, 1.82) is 0 Å². The number of hydrogen-bond donors (Lipinski definition) is 1. The van der Waals surface area contributed by atoms with Crippen LogP contribution >= 0.6 is 0 Å². The average molecular weight is 159 g/mol. The van der Waals surface area contributed by atoms with Crippen molar-refractivity contribution in [2.45, 2.75) is 25.0 Å². The summed E-state index contributed by atoms with van der Waals surface area (Å²) in [6, 6.07) is 0.754. The van der Waals surface area contributed by atoms with Crippen LogP contribution in [0.3, 0.4) is 0 Å². The van der Waals surface area contributed by atoms with Gasteiger partial charge >= 0.3 is 0 Å². The van der Waals surface area contributed by atoms with Gasteiger partial charge in [0.1, 0.15) is 0 Å². The zero-order valence-corrected chi connectivity index (χ0v) is 7.30. The highest BCUT2D eigenvalue weighted by molar-refractivity contribution is 4.81. The van der Waals surface area contributed by atoms with E-state index in [-0.39, 0.29) is 6.10 Å². The second-order valence-electron chi connectivity index (χ2n) is 3.00. The van der Waals surface area contributed by atoms with Gasteiger partial charge in [-0.2, -0.15) is 0 Å². The largest absolute Gasteiger partial charge is 0.382 e. The first-order valence-electron chi connectivity index (χ1n) is 4.12. The quantitative estimate of drug-likeness (QED) is 0.608. The predicted molar refractivity (Wildman–Crippen MR) is 43.7 cm³/mol. The second-order valence-corrected chi connectivity index (χ2v) is 3.00. The van der Waals surface area contributed by atoms with Crippen molar-refractivity contribution < 1.29 is 9.47 Å². The first-order chi connectivity index (χ1) is 5.36. The van der Waals surface area contributed by atoms with E-state index in [1.807, 2.05) is 0 Å². The number of ether oxygens (including phenoxy) is 2. The minimum atomic E-state index is 0.209. The van der Waals surface area contributed by atoms with E-state index in [2.05, 4.69) is 5.32 Å². The lowest BCUT2D eigenvalue weighted by Gasteiger charge is -2.14. The Kier molecular flexibility index (Phi) is 3.83. The number of hydrogen-bond acceptors (Lipinski definition) is 3. The zero-order chi connectivity index (χ0) is 8.10. The molecule has 1 fully saturated rings. The molecule has 0 spiro atoms. The molecule has 0 aromatic heterocycles.